The summed E-state index contributed by atoms with van der Waals surface area (Å²) in [6, 6.07) is 5.31. The van der Waals surface area contributed by atoms with Crippen molar-refractivity contribution in [2.75, 3.05) is 6.61 Å². The third-order valence-electron chi connectivity index (χ3n) is 3.48. The molecule has 1 aliphatic carbocycles. The van der Waals surface area contributed by atoms with Gasteiger partial charge in [-0.2, -0.15) is 5.26 Å². The molecule has 6 nitrogen and oxygen atoms in total. The molecule has 110 valence electrons. The molecule has 1 aromatic carbocycles. The normalized spacial score (nSPS) is 17.4. The standard InChI is InChI=1S/C15H16N2O4/c1-9(17-15(19)20)8-21-14-3-2-11-4-10(7-18)5-12(11)13(14)6-16/h2-3,7,9-10,17H,4-5,8H2,1H3,(H,19,20). The fourth-order valence-electron chi connectivity index (χ4n) is 2.52. The Bertz CT molecular complexity index is 606. The highest BCUT2D eigenvalue weighted by Crippen LogP contribution is 2.33. The highest BCUT2D eigenvalue weighted by atomic mass is 16.5. The molecule has 0 saturated heterocycles. The maximum absolute atomic E-state index is 10.9. The largest absolute Gasteiger partial charge is 0.490 e. The molecule has 2 N–H and O–H groups in total. The van der Waals surface area contributed by atoms with Gasteiger partial charge >= 0.3 is 6.09 Å². The molecule has 0 aromatic heterocycles. The molecule has 2 unspecified atom stereocenters. The molecule has 0 fully saturated rings. The summed E-state index contributed by atoms with van der Waals surface area (Å²) in [6.07, 6.45) is 1.02. The Morgan fingerprint density at radius 2 is 2.38 bits per heavy atom. The van der Waals surface area contributed by atoms with Gasteiger partial charge < -0.3 is 20.0 Å². The van der Waals surface area contributed by atoms with E-state index in [1.807, 2.05) is 6.07 Å². The van der Waals surface area contributed by atoms with Crippen LogP contribution < -0.4 is 10.1 Å². The zero-order chi connectivity index (χ0) is 15.4. The predicted octanol–water partition coefficient (Wildman–Crippen LogP) is 1.51. The summed E-state index contributed by atoms with van der Waals surface area (Å²) < 4.78 is 5.55. The molecule has 6 heteroatoms. The number of nitrogens with zero attached hydrogens (tertiary/aromatic N) is 1. The van der Waals surface area contributed by atoms with Crippen LogP contribution in [-0.4, -0.2) is 30.1 Å². The topological polar surface area (TPSA) is 99.4 Å². The summed E-state index contributed by atoms with van der Waals surface area (Å²) in [5.41, 5.74) is 2.32. The molecule has 21 heavy (non-hydrogen) atoms. The molecule has 0 spiro atoms. The number of carboxylic acid groups (broad SMARTS) is 1. The third-order valence-corrected chi connectivity index (χ3v) is 3.48. The van der Waals surface area contributed by atoms with Crippen LogP contribution in [0, 0.1) is 17.2 Å². The Kier molecular flexibility index (Phi) is 4.43. The van der Waals surface area contributed by atoms with E-state index in [0.29, 0.717) is 24.2 Å². The SMILES string of the molecule is CC(COc1ccc2c(c1C#N)CC(C=O)C2)NC(=O)O. The summed E-state index contributed by atoms with van der Waals surface area (Å²) in [5.74, 6) is 0.358. The number of hydrogen-bond donors (Lipinski definition) is 2. The summed E-state index contributed by atoms with van der Waals surface area (Å²) in [7, 11) is 0. The zero-order valence-electron chi connectivity index (χ0n) is 11.6. The zero-order valence-corrected chi connectivity index (χ0v) is 11.6. The van der Waals surface area contributed by atoms with Gasteiger partial charge in [0, 0.05) is 5.92 Å². The van der Waals surface area contributed by atoms with Crippen LogP contribution >= 0.6 is 0 Å². The van der Waals surface area contributed by atoms with Crippen LogP contribution in [0.25, 0.3) is 0 Å². The lowest BCUT2D eigenvalue weighted by atomic mass is 10.0. The third kappa shape index (κ3) is 3.31. The minimum absolute atomic E-state index is 0.0741. The van der Waals surface area contributed by atoms with Crippen molar-refractivity contribution in [2.45, 2.75) is 25.8 Å². The second-order valence-electron chi connectivity index (χ2n) is 5.15. The van der Waals surface area contributed by atoms with Gasteiger partial charge in [0.05, 0.1) is 11.6 Å². The van der Waals surface area contributed by atoms with Crippen molar-refractivity contribution in [3.8, 4) is 11.8 Å². The average molecular weight is 288 g/mol. The van der Waals surface area contributed by atoms with E-state index in [0.717, 1.165) is 17.4 Å². The predicted molar refractivity (Wildman–Crippen MR) is 74.2 cm³/mol. The fraction of sp³-hybridized carbons (Fsp3) is 0.400. The van der Waals surface area contributed by atoms with Gasteiger partial charge in [-0.1, -0.05) is 6.07 Å². The summed E-state index contributed by atoms with van der Waals surface area (Å²) in [5, 5.41) is 20.2. The molecule has 0 heterocycles. The maximum Gasteiger partial charge on any atom is 0.404 e. The number of benzene rings is 1. The van der Waals surface area contributed by atoms with Crippen LogP contribution in [0.1, 0.15) is 23.6 Å². The van der Waals surface area contributed by atoms with Gasteiger partial charge in [0.1, 0.15) is 24.7 Å². The molecule has 0 aliphatic heterocycles. The van der Waals surface area contributed by atoms with Crippen molar-refractivity contribution in [3.05, 3.63) is 28.8 Å². The molecular weight excluding hydrogens is 272 g/mol. The highest BCUT2D eigenvalue weighted by Gasteiger charge is 2.25. The van der Waals surface area contributed by atoms with Gasteiger partial charge in [0.15, 0.2) is 0 Å². The van der Waals surface area contributed by atoms with Gasteiger partial charge in [-0.15, -0.1) is 0 Å². The Labute approximate surface area is 122 Å². The second-order valence-corrected chi connectivity index (χ2v) is 5.15. The maximum atomic E-state index is 10.9. The number of amides is 1. The monoisotopic (exact) mass is 288 g/mol. The van der Waals surface area contributed by atoms with Gasteiger partial charge in [-0.25, -0.2) is 4.79 Å². The van der Waals surface area contributed by atoms with Crippen molar-refractivity contribution >= 4 is 12.4 Å². The van der Waals surface area contributed by atoms with Crippen molar-refractivity contribution in [1.29, 1.82) is 5.26 Å². The summed E-state index contributed by atoms with van der Waals surface area (Å²) >= 11 is 0. The van der Waals surface area contributed by atoms with Crippen LogP contribution in [0.15, 0.2) is 12.1 Å². The van der Waals surface area contributed by atoms with E-state index in [1.165, 1.54) is 0 Å². The van der Waals surface area contributed by atoms with Crippen LogP contribution in [0.4, 0.5) is 4.79 Å². The van der Waals surface area contributed by atoms with Crippen molar-refractivity contribution in [3.63, 3.8) is 0 Å². The Balaban J connectivity index is 2.14. The average Bonchev–Trinajstić information content (AvgIpc) is 2.86. The van der Waals surface area contributed by atoms with E-state index >= 15 is 0 Å². The molecular formula is C15H16N2O4. The number of nitriles is 1. The van der Waals surface area contributed by atoms with Gasteiger partial charge in [0.2, 0.25) is 0 Å². The molecule has 1 aliphatic rings. The van der Waals surface area contributed by atoms with Crippen LogP contribution in [0.5, 0.6) is 5.75 Å². The van der Waals surface area contributed by atoms with Gasteiger partial charge in [-0.05, 0) is 37.0 Å². The number of carbonyl (C=O) groups is 2. The number of ether oxygens (including phenoxy) is 1. The first-order valence-corrected chi connectivity index (χ1v) is 6.67. The van der Waals surface area contributed by atoms with E-state index in [2.05, 4.69) is 11.4 Å². The minimum Gasteiger partial charge on any atom is -0.490 e. The fourth-order valence-corrected chi connectivity index (χ4v) is 2.52. The first kappa shape index (κ1) is 14.9. The van der Waals surface area contributed by atoms with Crippen molar-refractivity contribution < 1.29 is 19.4 Å². The molecule has 0 saturated carbocycles. The number of aldehydes is 1. The van der Waals surface area contributed by atoms with Crippen LogP contribution in [-0.2, 0) is 17.6 Å². The first-order chi connectivity index (χ1) is 10.0. The quantitative estimate of drug-likeness (QED) is 0.800. The Hall–Kier alpha value is -2.55. The van der Waals surface area contributed by atoms with E-state index < -0.39 is 6.09 Å². The Morgan fingerprint density at radius 1 is 1.62 bits per heavy atom. The molecule has 1 amide bonds. The highest BCUT2D eigenvalue weighted by molar-refractivity contribution is 5.65. The number of rotatable bonds is 5. The van der Waals surface area contributed by atoms with Crippen molar-refractivity contribution in [2.24, 2.45) is 5.92 Å². The lowest BCUT2D eigenvalue weighted by Crippen LogP contribution is -2.35. The summed E-state index contributed by atoms with van der Waals surface area (Å²) in [6.45, 7) is 1.81. The minimum atomic E-state index is -1.12. The first-order valence-electron chi connectivity index (χ1n) is 6.67. The molecule has 2 atom stereocenters. The molecule has 0 bridgehead atoms. The lowest BCUT2D eigenvalue weighted by Gasteiger charge is -2.15. The molecule has 1 aromatic rings. The summed E-state index contributed by atoms with van der Waals surface area (Å²) in [4.78, 5) is 21.4. The lowest BCUT2D eigenvalue weighted by molar-refractivity contribution is -0.110. The Morgan fingerprint density at radius 3 is 3.00 bits per heavy atom. The van der Waals surface area contributed by atoms with E-state index in [-0.39, 0.29) is 18.6 Å². The van der Waals surface area contributed by atoms with Gasteiger partial charge in [0.25, 0.3) is 0 Å². The number of hydrogen-bond acceptors (Lipinski definition) is 4. The van der Waals surface area contributed by atoms with Crippen LogP contribution in [0.3, 0.4) is 0 Å². The van der Waals surface area contributed by atoms with Crippen LogP contribution in [0.2, 0.25) is 0 Å². The van der Waals surface area contributed by atoms with E-state index in [9.17, 15) is 14.9 Å². The van der Waals surface area contributed by atoms with E-state index in [4.69, 9.17) is 9.84 Å². The van der Waals surface area contributed by atoms with Crippen molar-refractivity contribution in [1.82, 2.24) is 5.32 Å². The number of nitrogens with one attached hydrogen (secondary N) is 1. The second kappa shape index (κ2) is 6.27. The van der Waals surface area contributed by atoms with Gasteiger partial charge in [-0.3, -0.25) is 0 Å². The number of carbonyl (C=O) groups excluding carboxylic acids is 1. The smallest absolute Gasteiger partial charge is 0.404 e. The number of fused-ring (bicyclic) bond motifs is 1. The molecule has 2 rings (SSSR count). The molecule has 0 radical (unpaired) electrons. The van der Waals surface area contributed by atoms with E-state index in [1.54, 1.807) is 13.0 Å².